The van der Waals surface area contributed by atoms with E-state index < -0.39 is 0 Å². The molecule has 0 atom stereocenters. The van der Waals surface area contributed by atoms with Crippen molar-refractivity contribution < 1.29 is 14.3 Å². The molecule has 0 saturated carbocycles. The third-order valence-corrected chi connectivity index (χ3v) is 5.80. The lowest BCUT2D eigenvalue weighted by Gasteiger charge is -2.23. The van der Waals surface area contributed by atoms with Crippen LogP contribution in [0.5, 0.6) is 5.88 Å². The third-order valence-electron chi connectivity index (χ3n) is 5.80. The van der Waals surface area contributed by atoms with Crippen LogP contribution in [0.1, 0.15) is 36.2 Å². The highest BCUT2D eigenvalue weighted by molar-refractivity contribution is 5.92. The number of aromatic nitrogens is 4. The normalized spacial score (nSPS) is 18.3. The lowest BCUT2D eigenvalue weighted by molar-refractivity contribution is 0.0490. The van der Waals surface area contributed by atoms with Gasteiger partial charge in [0, 0.05) is 32.9 Å². The first-order chi connectivity index (χ1) is 14.7. The van der Waals surface area contributed by atoms with E-state index in [1.54, 1.807) is 18.6 Å². The monoisotopic (exact) mass is 414 g/mol. The predicted octanol–water partition coefficient (Wildman–Crippen LogP) is 1.41. The lowest BCUT2D eigenvalue weighted by atomic mass is 9.98. The van der Waals surface area contributed by atoms with Crippen LogP contribution < -0.4 is 15.4 Å². The van der Waals surface area contributed by atoms with Crippen LogP contribution in [0.3, 0.4) is 0 Å². The van der Waals surface area contributed by atoms with Crippen LogP contribution in [0.2, 0.25) is 0 Å². The molecule has 0 spiro atoms. The number of ether oxygens (including phenoxy) is 2. The van der Waals surface area contributed by atoms with Gasteiger partial charge in [0.1, 0.15) is 11.4 Å². The first-order valence-corrected chi connectivity index (χ1v) is 10.7. The Hall–Kier alpha value is -2.52. The maximum Gasteiger partial charge on any atom is 0.270 e. The smallest absolute Gasteiger partial charge is 0.270 e. The van der Waals surface area contributed by atoms with Crippen LogP contribution in [0, 0.1) is 11.8 Å². The minimum atomic E-state index is -0.199. The molecule has 0 bridgehead atoms. The molecule has 1 amide bonds. The van der Waals surface area contributed by atoms with Gasteiger partial charge in [0.25, 0.3) is 5.91 Å². The van der Waals surface area contributed by atoms with Gasteiger partial charge >= 0.3 is 0 Å². The fourth-order valence-corrected chi connectivity index (χ4v) is 3.83. The summed E-state index contributed by atoms with van der Waals surface area (Å²) in [6.07, 6.45) is 7.47. The van der Waals surface area contributed by atoms with Gasteiger partial charge < -0.3 is 24.7 Å². The van der Waals surface area contributed by atoms with E-state index in [0.717, 1.165) is 57.7 Å². The molecule has 2 aliphatic heterocycles. The van der Waals surface area contributed by atoms with Crippen molar-refractivity contribution in [1.82, 2.24) is 30.2 Å². The Morgan fingerprint density at radius 3 is 2.77 bits per heavy atom. The van der Waals surface area contributed by atoms with Crippen molar-refractivity contribution in [3.8, 4) is 17.4 Å². The number of nitrogens with one attached hydrogen (secondary N) is 2. The van der Waals surface area contributed by atoms with Crippen molar-refractivity contribution in [3.05, 3.63) is 24.3 Å². The standard InChI is InChI=1S/C21H30N6O3/c1-27-14-23-12-18(27)20-25-17(21(28)24-11-15-2-6-22-7-3-15)10-19(26-20)30-13-16-4-8-29-9-5-16/h10,12,14-16,22H,2-9,11,13H2,1H3,(H,24,28). The largest absolute Gasteiger partial charge is 0.477 e. The third kappa shape index (κ3) is 5.34. The average Bonchev–Trinajstić information content (AvgIpc) is 3.23. The van der Waals surface area contributed by atoms with Gasteiger partial charge in [-0.3, -0.25) is 4.79 Å². The molecule has 9 heteroatoms. The van der Waals surface area contributed by atoms with Crippen molar-refractivity contribution in [3.63, 3.8) is 0 Å². The highest BCUT2D eigenvalue weighted by Gasteiger charge is 2.20. The SMILES string of the molecule is Cn1cncc1-c1nc(OCC2CCOCC2)cc(C(=O)NCC2CCNCC2)n1. The van der Waals surface area contributed by atoms with Crippen molar-refractivity contribution in [2.45, 2.75) is 25.7 Å². The Morgan fingerprint density at radius 2 is 2.03 bits per heavy atom. The molecule has 2 aromatic rings. The number of piperidine rings is 1. The van der Waals surface area contributed by atoms with Crippen LogP contribution >= 0.6 is 0 Å². The van der Waals surface area contributed by atoms with E-state index in [2.05, 4.69) is 25.6 Å². The van der Waals surface area contributed by atoms with E-state index in [9.17, 15) is 4.79 Å². The fourth-order valence-electron chi connectivity index (χ4n) is 3.83. The zero-order valence-corrected chi connectivity index (χ0v) is 17.5. The first-order valence-electron chi connectivity index (χ1n) is 10.7. The summed E-state index contributed by atoms with van der Waals surface area (Å²) in [4.78, 5) is 26.0. The topological polar surface area (TPSA) is 103 Å². The molecule has 30 heavy (non-hydrogen) atoms. The molecule has 4 rings (SSSR count). The molecule has 4 heterocycles. The number of hydrogen-bond donors (Lipinski definition) is 2. The number of aryl methyl sites for hydroxylation is 1. The van der Waals surface area contributed by atoms with Gasteiger partial charge in [-0.25, -0.2) is 9.97 Å². The molecule has 9 nitrogen and oxygen atoms in total. The summed E-state index contributed by atoms with van der Waals surface area (Å²) in [6.45, 7) is 4.75. The molecule has 162 valence electrons. The fraction of sp³-hybridized carbons (Fsp3) is 0.619. The zero-order chi connectivity index (χ0) is 20.8. The number of rotatable bonds is 7. The summed E-state index contributed by atoms with van der Waals surface area (Å²) in [6, 6.07) is 1.64. The van der Waals surface area contributed by atoms with E-state index in [1.807, 2.05) is 11.6 Å². The highest BCUT2D eigenvalue weighted by Crippen LogP contribution is 2.21. The minimum Gasteiger partial charge on any atom is -0.477 e. The van der Waals surface area contributed by atoms with Crippen LogP contribution in [-0.4, -0.2) is 64.9 Å². The van der Waals surface area contributed by atoms with Gasteiger partial charge in [-0.15, -0.1) is 0 Å². The van der Waals surface area contributed by atoms with E-state index in [1.165, 1.54) is 0 Å². The lowest BCUT2D eigenvalue weighted by Crippen LogP contribution is -2.36. The Balaban J connectivity index is 1.49. The second-order valence-electron chi connectivity index (χ2n) is 8.07. The van der Waals surface area contributed by atoms with Crippen molar-refractivity contribution in [1.29, 1.82) is 0 Å². The number of amides is 1. The summed E-state index contributed by atoms with van der Waals surface area (Å²) in [5, 5.41) is 6.38. The second kappa shape index (κ2) is 9.99. The number of carbonyl (C=O) groups is 1. The highest BCUT2D eigenvalue weighted by atomic mass is 16.5. The van der Waals surface area contributed by atoms with Gasteiger partial charge in [-0.1, -0.05) is 0 Å². The second-order valence-corrected chi connectivity index (χ2v) is 8.07. The molecular weight excluding hydrogens is 384 g/mol. The Bertz CT molecular complexity index is 843. The van der Waals surface area contributed by atoms with Crippen molar-refractivity contribution >= 4 is 5.91 Å². The summed E-state index contributed by atoms with van der Waals surface area (Å²) >= 11 is 0. The molecule has 0 radical (unpaired) electrons. The predicted molar refractivity (Wildman–Crippen MR) is 111 cm³/mol. The minimum absolute atomic E-state index is 0.199. The maximum atomic E-state index is 12.8. The Kier molecular flexibility index (Phi) is 6.91. The quantitative estimate of drug-likeness (QED) is 0.706. The number of nitrogens with zero attached hydrogens (tertiary/aromatic N) is 4. The molecule has 2 fully saturated rings. The van der Waals surface area contributed by atoms with Crippen molar-refractivity contribution in [2.24, 2.45) is 18.9 Å². The summed E-state index contributed by atoms with van der Waals surface area (Å²) in [5.41, 5.74) is 1.05. The molecule has 2 saturated heterocycles. The average molecular weight is 415 g/mol. The van der Waals surface area contributed by atoms with E-state index in [4.69, 9.17) is 9.47 Å². The van der Waals surface area contributed by atoms with Crippen LogP contribution in [0.25, 0.3) is 11.5 Å². The van der Waals surface area contributed by atoms with Crippen molar-refractivity contribution in [2.75, 3.05) is 39.5 Å². The van der Waals surface area contributed by atoms with Gasteiger partial charge in [-0.2, -0.15) is 4.98 Å². The molecule has 0 aliphatic carbocycles. The van der Waals surface area contributed by atoms with Gasteiger partial charge in [0.05, 0.1) is 19.1 Å². The number of imidazole rings is 1. The molecule has 2 aromatic heterocycles. The maximum absolute atomic E-state index is 12.8. The zero-order valence-electron chi connectivity index (χ0n) is 17.5. The van der Waals surface area contributed by atoms with Gasteiger partial charge in [0.15, 0.2) is 5.82 Å². The van der Waals surface area contributed by atoms with Crippen LogP contribution in [0.15, 0.2) is 18.6 Å². The Morgan fingerprint density at radius 1 is 1.23 bits per heavy atom. The van der Waals surface area contributed by atoms with E-state index in [0.29, 0.717) is 42.4 Å². The Labute approximate surface area is 176 Å². The van der Waals surface area contributed by atoms with E-state index in [-0.39, 0.29) is 5.91 Å². The summed E-state index contributed by atoms with van der Waals surface area (Å²) in [5.74, 6) is 1.59. The first kappa shape index (κ1) is 20.7. The summed E-state index contributed by atoms with van der Waals surface area (Å²) in [7, 11) is 1.87. The summed E-state index contributed by atoms with van der Waals surface area (Å²) < 4.78 is 13.2. The number of hydrogen-bond acceptors (Lipinski definition) is 7. The van der Waals surface area contributed by atoms with Crippen LogP contribution in [0.4, 0.5) is 0 Å². The molecular formula is C21H30N6O3. The molecule has 2 N–H and O–H groups in total. The van der Waals surface area contributed by atoms with Gasteiger partial charge in [-0.05, 0) is 50.6 Å². The number of carbonyl (C=O) groups excluding carboxylic acids is 1. The molecule has 0 aromatic carbocycles. The molecule has 2 aliphatic rings. The van der Waals surface area contributed by atoms with E-state index >= 15 is 0 Å². The van der Waals surface area contributed by atoms with Gasteiger partial charge in [0.2, 0.25) is 5.88 Å². The van der Waals surface area contributed by atoms with Crippen LogP contribution in [-0.2, 0) is 11.8 Å². The molecule has 0 unspecified atom stereocenters.